The minimum atomic E-state index is -1.56. The van der Waals surface area contributed by atoms with Crippen LogP contribution in [0.25, 0.3) is 10.8 Å². The number of carboxylic acid groups (broad SMARTS) is 1. The van der Waals surface area contributed by atoms with Crippen LogP contribution in [0.1, 0.15) is 6.42 Å². The predicted octanol–water partition coefficient (Wildman–Crippen LogP) is 0.393. The van der Waals surface area contributed by atoms with E-state index in [1.54, 1.807) is 24.3 Å². The highest BCUT2D eigenvalue weighted by Crippen LogP contribution is 2.22. The fourth-order valence-electron chi connectivity index (χ4n) is 2.51. The first-order chi connectivity index (χ1) is 13.8. The van der Waals surface area contributed by atoms with E-state index in [-0.39, 0.29) is 0 Å². The zero-order valence-corrected chi connectivity index (χ0v) is 15.1. The zero-order chi connectivity index (χ0) is 21.4. The van der Waals surface area contributed by atoms with Gasteiger partial charge in [-0.15, -0.1) is 0 Å². The van der Waals surface area contributed by atoms with Gasteiger partial charge in [0.15, 0.2) is 5.78 Å². The number of nitrogens with one attached hydrogen (secondary N) is 3. The number of rotatable bonds is 8. The second-order valence-corrected chi connectivity index (χ2v) is 5.98. The molecular formula is C19H18FN3O6. The number of hydrogen-bond acceptors (Lipinski definition) is 5. The summed E-state index contributed by atoms with van der Waals surface area (Å²) in [5.41, 5.74) is 0.405. The van der Waals surface area contributed by atoms with Crippen molar-refractivity contribution in [1.29, 1.82) is 0 Å². The summed E-state index contributed by atoms with van der Waals surface area (Å²) in [5, 5.41) is 16.8. The summed E-state index contributed by atoms with van der Waals surface area (Å²) in [6.45, 7) is -2.14. The number of benzene rings is 2. The Hall–Kier alpha value is -3.82. The molecule has 2 rings (SSSR count). The van der Waals surface area contributed by atoms with Crippen LogP contribution in [0.4, 0.5) is 10.1 Å². The van der Waals surface area contributed by atoms with E-state index in [1.807, 2.05) is 23.5 Å². The Labute approximate surface area is 164 Å². The number of fused-ring (bicyclic) bond motifs is 1. The molecule has 0 aliphatic rings. The van der Waals surface area contributed by atoms with Crippen molar-refractivity contribution in [3.8, 4) is 0 Å². The number of carbonyl (C=O) groups is 5. The first kappa shape index (κ1) is 21.5. The quantitative estimate of drug-likeness (QED) is 0.470. The molecule has 10 heteroatoms. The second kappa shape index (κ2) is 9.93. The van der Waals surface area contributed by atoms with Crippen LogP contribution in [0, 0.1) is 0 Å². The van der Waals surface area contributed by atoms with Gasteiger partial charge in [0.25, 0.3) is 0 Å². The van der Waals surface area contributed by atoms with Crippen LogP contribution >= 0.6 is 0 Å². The monoisotopic (exact) mass is 403 g/mol. The molecule has 4 N–H and O–H groups in total. The number of Topliss-reactive ketones (excluding diaryl/α,β-unsaturated/α-hetero) is 1. The Morgan fingerprint density at radius 2 is 1.66 bits per heavy atom. The average Bonchev–Trinajstić information content (AvgIpc) is 2.70. The second-order valence-electron chi connectivity index (χ2n) is 5.98. The number of hydrogen-bond donors (Lipinski definition) is 4. The van der Waals surface area contributed by atoms with Gasteiger partial charge in [-0.1, -0.05) is 36.4 Å². The van der Waals surface area contributed by atoms with Gasteiger partial charge in [-0.05, 0) is 11.5 Å². The molecule has 0 spiro atoms. The summed E-state index contributed by atoms with van der Waals surface area (Å²) in [7, 11) is 0. The standard InChI is InChI=1S/C19H18FN3O6/c20-9-15(24)14(8-17(26)27)22-16(25)10-21-18(28)19(29)23-13-7-3-5-11-4-1-2-6-12(11)13/h1-7,14H,8-10H2,(H,21,28)(H,22,25)(H,23,29)(H,26,27). The summed E-state index contributed by atoms with van der Waals surface area (Å²) in [6.07, 6.45) is -0.802. The van der Waals surface area contributed by atoms with Crippen molar-refractivity contribution < 1.29 is 33.5 Å². The molecule has 0 saturated carbocycles. The Balaban J connectivity index is 1.92. The lowest BCUT2D eigenvalue weighted by Crippen LogP contribution is -2.48. The first-order valence-electron chi connectivity index (χ1n) is 8.48. The molecule has 0 aliphatic heterocycles. The number of amides is 3. The summed E-state index contributed by atoms with van der Waals surface area (Å²) in [5.74, 6) is -5.59. The molecule has 1 atom stereocenters. The van der Waals surface area contributed by atoms with Gasteiger partial charge in [0.2, 0.25) is 5.91 Å². The number of alkyl halides is 1. The fraction of sp³-hybridized carbons (Fsp3) is 0.211. The Bertz CT molecular complexity index is 957. The molecule has 0 fully saturated rings. The summed E-state index contributed by atoms with van der Waals surface area (Å²) >= 11 is 0. The SMILES string of the molecule is O=C(O)CC(NC(=O)CNC(=O)C(=O)Nc1cccc2ccccc12)C(=O)CF. The minimum absolute atomic E-state index is 0.405. The molecule has 2 aromatic rings. The van der Waals surface area contributed by atoms with Gasteiger partial charge in [0, 0.05) is 11.1 Å². The van der Waals surface area contributed by atoms with Crippen molar-refractivity contribution in [3.05, 3.63) is 42.5 Å². The average molecular weight is 403 g/mol. The first-order valence-corrected chi connectivity index (χ1v) is 8.48. The third-order valence-corrected chi connectivity index (χ3v) is 3.89. The number of carboxylic acids is 1. The molecule has 0 aromatic heterocycles. The highest BCUT2D eigenvalue weighted by molar-refractivity contribution is 6.40. The smallest absolute Gasteiger partial charge is 0.313 e. The molecule has 2 aromatic carbocycles. The number of halogens is 1. The molecule has 0 heterocycles. The Morgan fingerprint density at radius 1 is 0.966 bits per heavy atom. The van der Waals surface area contributed by atoms with Crippen LogP contribution in [-0.2, 0) is 24.0 Å². The van der Waals surface area contributed by atoms with E-state index in [4.69, 9.17) is 5.11 Å². The zero-order valence-electron chi connectivity index (χ0n) is 15.1. The maximum absolute atomic E-state index is 12.5. The van der Waals surface area contributed by atoms with E-state index < -0.39 is 55.2 Å². The van der Waals surface area contributed by atoms with Crippen molar-refractivity contribution in [1.82, 2.24) is 10.6 Å². The number of ketones is 1. The molecule has 9 nitrogen and oxygen atoms in total. The predicted molar refractivity (Wildman–Crippen MR) is 101 cm³/mol. The van der Waals surface area contributed by atoms with E-state index >= 15 is 0 Å². The lowest BCUT2D eigenvalue weighted by atomic mass is 10.1. The molecule has 0 aliphatic carbocycles. The molecular weight excluding hydrogens is 385 g/mol. The van der Waals surface area contributed by atoms with Crippen LogP contribution in [0.5, 0.6) is 0 Å². The van der Waals surface area contributed by atoms with Crippen molar-refractivity contribution in [3.63, 3.8) is 0 Å². The van der Waals surface area contributed by atoms with Crippen molar-refractivity contribution in [2.75, 3.05) is 18.5 Å². The molecule has 1 unspecified atom stereocenters. The maximum Gasteiger partial charge on any atom is 0.313 e. The summed E-state index contributed by atoms with van der Waals surface area (Å²) in [4.78, 5) is 57.8. The lowest BCUT2D eigenvalue weighted by molar-refractivity contribution is -0.140. The summed E-state index contributed by atoms with van der Waals surface area (Å²) in [6, 6.07) is 10.8. The van der Waals surface area contributed by atoms with Gasteiger partial charge in [0.05, 0.1) is 13.0 Å². The molecule has 0 radical (unpaired) electrons. The fourth-order valence-corrected chi connectivity index (χ4v) is 2.51. The van der Waals surface area contributed by atoms with Crippen molar-refractivity contribution >= 4 is 45.9 Å². The van der Waals surface area contributed by atoms with E-state index in [2.05, 4.69) is 10.6 Å². The minimum Gasteiger partial charge on any atom is -0.481 e. The third-order valence-electron chi connectivity index (χ3n) is 3.89. The molecule has 3 amide bonds. The Kier molecular flexibility index (Phi) is 7.35. The van der Waals surface area contributed by atoms with E-state index in [0.717, 1.165) is 10.8 Å². The van der Waals surface area contributed by atoms with E-state index in [0.29, 0.717) is 5.69 Å². The molecule has 29 heavy (non-hydrogen) atoms. The van der Waals surface area contributed by atoms with Crippen LogP contribution in [0.3, 0.4) is 0 Å². The van der Waals surface area contributed by atoms with Crippen LogP contribution in [0.2, 0.25) is 0 Å². The lowest BCUT2D eigenvalue weighted by Gasteiger charge is -2.14. The topological polar surface area (TPSA) is 142 Å². The van der Waals surface area contributed by atoms with Crippen LogP contribution < -0.4 is 16.0 Å². The van der Waals surface area contributed by atoms with Crippen LogP contribution in [0.15, 0.2) is 42.5 Å². The molecule has 0 bridgehead atoms. The maximum atomic E-state index is 12.5. The van der Waals surface area contributed by atoms with Crippen molar-refractivity contribution in [2.45, 2.75) is 12.5 Å². The number of aliphatic carboxylic acids is 1. The molecule has 152 valence electrons. The van der Waals surface area contributed by atoms with Gasteiger partial charge < -0.3 is 21.1 Å². The normalized spacial score (nSPS) is 11.3. The van der Waals surface area contributed by atoms with E-state index in [9.17, 15) is 28.4 Å². The number of carbonyl (C=O) groups excluding carboxylic acids is 4. The van der Waals surface area contributed by atoms with Crippen molar-refractivity contribution in [2.24, 2.45) is 0 Å². The number of anilines is 1. The van der Waals surface area contributed by atoms with Gasteiger partial charge >= 0.3 is 17.8 Å². The van der Waals surface area contributed by atoms with Gasteiger partial charge in [-0.3, -0.25) is 24.0 Å². The largest absolute Gasteiger partial charge is 0.481 e. The van der Waals surface area contributed by atoms with E-state index in [1.165, 1.54) is 0 Å². The van der Waals surface area contributed by atoms with Gasteiger partial charge in [0.1, 0.15) is 12.7 Å². The third kappa shape index (κ3) is 6.09. The highest BCUT2D eigenvalue weighted by Gasteiger charge is 2.24. The summed E-state index contributed by atoms with van der Waals surface area (Å²) < 4.78 is 12.5. The van der Waals surface area contributed by atoms with Gasteiger partial charge in [-0.25, -0.2) is 4.39 Å². The van der Waals surface area contributed by atoms with Gasteiger partial charge in [-0.2, -0.15) is 0 Å². The Morgan fingerprint density at radius 3 is 2.34 bits per heavy atom. The van der Waals surface area contributed by atoms with Crippen LogP contribution in [-0.4, -0.2) is 53.8 Å². The molecule has 0 saturated heterocycles. The highest BCUT2D eigenvalue weighted by atomic mass is 19.1.